The molecule has 1 unspecified atom stereocenters. The van der Waals surface area contributed by atoms with Crippen LogP contribution in [0.2, 0.25) is 0 Å². The van der Waals surface area contributed by atoms with Crippen LogP contribution in [0.3, 0.4) is 0 Å². The molecule has 1 saturated heterocycles. The van der Waals surface area contributed by atoms with Gasteiger partial charge in [-0.3, -0.25) is 4.99 Å². The molecule has 1 saturated carbocycles. The lowest BCUT2D eigenvalue weighted by Gasteiger charge is -2.31. The molecule has 0 radical (unpaired) electrons. The van der Waals surface area contributed by atoms with E-state index in [1.165, 1.54) is 50.6 Å². The first-order valence-electron chi connectivity index (χ1n) is 9.44. The van der Waals surface area contributed by atoms with E-state index in [9.17, 15) is 0 Å². The Balaban J connectivity index is 1.57. The van der Waals surface area contributed by atoms with Gasteiger partial charge in [0, 0.05) is 31.6 Å². The highest BCUT2D eigenvalue weighted by Crippen LogP contribution is 2.40. The van der Waals surface area contributed by atoms with Gasteiger partial charge in [0.25, 0.3) is 0 Å². The van der Waals surface area contributed by atoms with Crippen LogP contribution in [0.4, 0.5) is 0 Å². The maximum atomic E-state index is 4.44. The van der Waals surface area contributed by atoms with Crippen molar-refractivity contribution in [1.29, 1.82) is 0 Å². The number of guanidine groups is 1. The number of benzene rings is 1. The van der Waals surface area contributed by atoms with Crippen LogP contribution in [-0.2, 0) is 5.41 Å². The maximum absolute atomic E-state index is 4.44. The van der Waals surface area contributed by atoms with E-state index in [1.54, 1.807) is 0 Å². The third-order valence-electron chi connectivity index (χ3n) is 5.94. The summed E-state index contributed by atoms with van der Waals surface area (Å²) in [5.74, 6) is 0.942. The Morgan fingerprint density at radius 2 is 1.92 bits per heavy atom. The first kappa shape index (κ1) is 17.3. The summed E-state index contributed by atoms with van der Waals surface area (Å²) in [4.78, 5) is 6.88. The minimum absolute atomic E-state index is 0.267. The quantitative estimate of drug-likeness (QED) is 0.645. The molecule has 2 N–H and O–H groups in total. The van der Waals surface area contributed by atoms with Crippen molar-refractivity contribution in [2.45, 2.75) is 50.0 Å². The number of nitrogens with one attached hydrogen (secondary N) is 2. The van der Waals surface area contributed by atoms with Gasteiger partial charge in [-0.25, -0.2) is 0 Å². The van der Waals surface area contributed by atoms with Crippen molar-refractivity contribution in [1.82, 2.24) is 15.5 Å². The first-order chi connectivity index (χ1) is 11.7. The van der Waals surface area contributed by atoms with E-state index in [2.05, 4.69) is 57.9 Å². The van der Waals surface area contributed by atoms with Gasteiger partial charge < -0.3 is 15.5 Å². The Kier molecular flexibility index (Phi) is 5.77. The molecule has 24 heavy (non-hydrogen) atoms. The number of hydrogen-bond donors (Lipinski definition) is 2. The number of aliphatic imine (C=N–C) groups is 1. The molecule has 0 spiro atoms. The van der Waals surface area contributed by atoms with E-state index in [1.807, 2.05) is 7.05 Å². The minimum atomic E-state index is 0.267. The summed E-state index contributed by atoms with van der Waals surface area (Å²) in [6.07, 6.45) is 7.80. The van der Waals surface area contributed by atoms with Crippen LogP contribution in [0.25, 0.3) is 0 Å². The van der Waals surface area contributed by atoms with E-state index in [-0.39, 0.29) is 5.41 Å². The smallest absolute Gasteiger partial charge is 0.191 e. The molecule has 2 aliphatic rings. The molecule has 1 heterocycles. The summed E-state index contributed by atoms with van der Waals surface area (Å²) in [5, 5.41) is 7.14. The average Bonchev–Trinajstić information content (AvgIpc) is 3.26. The van der Waals surface area contributed by atoms with Gasteiger partial charge in [0.05, 0.1) is 0 Å². The zero-order valence-corrected chi connectivity index (χ0v) is 15.2. The van der Waals surface area contributed by atoms with Crippen LogP contribution in [0, 0.1) is 0 Å². The van der Waals surface area contributed by atoms with Crippen LogP contribution in [0.5, 0.6) is 0 Å². The normalized spacial score (nSPS) is 24.2. The topological polar surface area (TPSA) is 39.7 Å². The second-order valence-corrected chi connectivity index (χ2v) is 7.44. The Morgan fingerprint density at radius 3 is 2.54 bits per heavy atom. The van der Waals surface area contributed by atoms with E-state index in [0.717, 1.165) is 19.0 Å². The molecule has 1 aliphatic carbocycles. The van der Waals surface area contributed by atoms with Gasteiger partial charge in [-0.2, -0.15) is 0 Å². The van der Waals surface area contributed by atoms with Gasteiger partial charge in [0.2, 0.25) is 0 Å². The van der Waals surface area contributed by atoms with E-state index >= 15 is 0 Å². The fourth-order valence-corrected chi connectivity index (χ4v) is 4.34. The van der Waals surface area contributed by atoms with Gasteiger partial charge >= 0.3 is 0 Å². The van der Waals surface area contributed by atoms with Crippen molar-refractivity contribution in [3.8, 4) is 0 Å². The zero-order valence-electron chi connectivity index (χ0n) is 15.2. The molecule has 0 bridgehead atoms. The van der Waals surface area contributed by atoms with Crippen LogP contribution in [0.1, 0.15) is 44.1 Å². The molecule has 4 nitrogen and oxygen atoms in total. The van der Waals surface area contributed by atoms with Gasteiger partial charge in [-0.15, -0.1) is 0 Å². The molecule has 2 fully saturated rings. The van der Waals surface area contributed by atoms with Crippen molar-refractivity contribution in [2.75, 3.05) is 33.7 Å². The summed E-state index contributed by atoms with van der Waals surface area (Å²) in [7, 11) is 4.09. The molecule has 0 amide bonds. The Labute approximate surface area is 146 Å². The van der Waals surface area contributed by atoms with Crippen molar-refractivity contribution in [3.05, 3.63) is 35.9 Å². The average molecular weight is 329 g/mol. The summed E-state index contributed by atoms with van der Waals surface area (Å²) in [5.41, 5.74) is 1.74. The first-order valence-corrected chi connectivity index (χ1v) is 9.44. The third-order valence-corrected chi connectivity index (χ3v) is 5.94. The van der Waals surface area contributed by atoms with Gasteiger partial charge in [-0.1, -0.05) is 43.2 Å². The van der Waals surface area contributed by atoms with Crippen molar-refractivity contribution >= 4 is 5.96 Å². The summed E-state index contributed by atoms with van der Waals surface area (Å²) in [6.45, 7) is 3.17. The van der Waals surface area contributed by atoms with E-state index in [0.29, 0.717) is 6.04 Å². The van der Waals surface area contributed by atoms with Gasteiger partial charge in [-0.05, 0) is 44.8 Å². The predicted molar refractivity (Wildman–Crippen MR) is 102 cm³/mol. The largest absolute Gasteiger partial charge is 0.356 e. The molecular weight excluding hydrogens is 296 g/mol. The van der Waals surface area contributed by atoms with E-state index in [4.69, 9.17) is 0 Å². The molecule has 3 rings (SSSR count). The van der Waals surface area contributed by atoms with Crippen LogP contribution >= 0.6 is 0 Å². The third kappa shape index (κ3) is 3.92. The minimum Gasteiger partial charge on any atom is -0.356 e. The zero-order chi connectivity index (χ0) is 16.8. The highest BCUT2D eigenvalue weighted by Gasteiger charge is 2.35. The van der Waals surface area contributed by atoms with Crippen LogP contribution in [0.15, 0.2) is 35.3 Å². The van der Waals surface area contributed by atoms with Crippen molar-refractivity contribution in [2.24, 2.45) is 4.99 Å². The highest BCUT2D eigenvalue weighted by molar-refractivity contribution is 5.79. The van der Waals surface area contributed by atoms with Crippen molar-refractivity contribution in [3.63, 3.8) is 0 Å². The SMILES string of the molecule is CN=C(NCC1CCCN1C)NCC1(c2ccccc2)CCCC1. The maximum Gasteiger partial charge on any atom is 0.191 e. The Bertz CT molecular complexity index is 534. The molecule has 132 valence electrons. The lowest BCUT2D eigenvalue weighted by Crippen LogP contribution is -2.47. The standard InChI is InChI=1S/C20H32N4/c1-21-19(22-15-18-11-8-14-24(18)2)23-16-20(12-6-7-13-20)17-9-4-3-5-10-17/h3-5,9-10,18H,6-8,11-16H2,1-2H3,(H2,21,22,23). The molecule has 1 aromatic rings. The molecule has 1 atom stereocenters. The second-order valence-electron chi connectivity index (χ2n) is 7.44. The molecule has 4 heteroatoms. The van der Waals surface area contributed by atoms with Gasteiger partial charge in [0.1, 0.15) is 0 Å². The predicted octanol–water partition coefficient (Wildman–Crippen LogP) is 2.76. The molecule has 1 aromatic carbocycles. The molecule has 0 aromatic heterocycles. The summed E-state index contributed by atoms with van der Waals surface area (Å²) in [6, 6.07) is 11.7. The number of rotatable bonds is 5. The number of likely N-dealkylation sites (tertiary alicyclic amines) is 1. The molecular formula is C20H32N4. The van der Waals surface area contributed by atoms with Crippen molar-refractivity contribution < 1.29 is 0 Å². The van der Waals surface area contributed by atoms with Gasteiger partial charge in [0.15, 0.2) is 5.96 Å². The summed E-state index contributed by atoms with van der Waals surface area (Å²) >= 11 is 0. The Morgan fingerprint density at radius 1 is 1.17 bits per heavy atom. The Hall–Kier alpha value is -1.55. The second kappa shape index (κ2) is 8.02. The highest BCUT2D eigenvalue weighted by atomic mass is 15.2. The summed E-state index contributed by atoms with van der Waals surface area (Å²) < 4.78 is 0. The monoisotopic (exact) mass is 328 g/mol. The lowest BCUT2D eigenvalue weighted by molar-refractivity contribution is 0.309. The number of hydrogen-bond acceptors (Lipinski definition) is 2. The fraction of sp³-hybridized carbons (Fsp3) is 0.650. The van der Waals surface area contributed by atoms with Crippen LogP contribution in [-0.4, -0.2) is 50.6 Å². The fourth-order valence-electron chi connectivity index (χ4n) is 4.34. The van der Waals surface area contributed by atoms with Crippen LogP contribution < -0.4 is 10.6 Å². The molecule has 1 aliphatic heterocycles. The lowest BCUT2D eigenvalue weighted by atomic mass is 9.79. The number of likely N-dealkylation sites (N-methyl/N-ethyl adjacent to an activating group) is 1. The van der Waals surface area contributed by atoms with E-state index < -0.39 is 0 Å². The number of nitrogens with zero attached hydrogens (tertiary/aromatic N) is 2.